The van der Waals surface area contributed by atoms with Crippen molar-refractivity contribution >= 4 is 73.2 Å². The number of halogens is 5. The summed E-state index contributed by atoms with van der Waals surface area (Å²) in [6.07, 6.45) is 0. The Labute approximate surface area is 184 Å². The average molecular weight is 508 g/mol. The summed E-state index contributed by atoms with van der Waals surface area (Å²) in [5.41, 5.74) is 2.90. The Bertz CT molecular complexity index is 1040. The first-order chi connectivity index (χ1) is 12.9. The number of pyridine rings is 1. The summed E-state index contributed by atoms with van der Waals surface area (Å²) in [6, 6.07) is 10.8. The van der Waals surface area contributed by atoms with Crippen molar-refractivity contribution in [1.82, 2.24) is 4.98 Å². The van der Waals surface area contributed by atoms with Crippen molar-refractivity contribution in [3.63, 3.8) is 0 Å². The molecule has 1 aromatic heterocycles. The lowest BCUT2D eigenvalue weighted by Crippen LogP contribution is -2.29. The molecule has 3 aromatic rings. The van der Waals surface area contributed by atoms with E-state index in [-0.39, 0.29) is 0 Å². The summed E-state index contributed by atoms with van der Waals surface area (Å²) in [6.45, 7) is 0.984. The third kappa shape index (κ3) is 3.58. The Morgan fingerprint density at radius 1 is 0.926 bits per heavy atom. The standard InChI is InChI=1S/C19H12BrCl4NO2/c20-9-19(26-3-4-27-19)13-8-17(10-1-2-14(22)15(23)5-10)25-18-12(13)6-11(21)7-16(18)24/h1-2,5-8H,3-4,9H2. The quantitative estimate of drug-likeness (QED) is 0.354. The lowest BCUT2D eigenvalue weighted by atomic mass is 9.98. The maximum atomic E-state index is 6.46. The number of nitrogens with zero attached hydrogens (tertiary/aromatic N) is 1. The van der Waals surface area contributed by atoms with E-state index in [9.17, 15) is 0 Å². The van der Waals surface area contributed by atoms with Gasteiger partial charge in [-0.15, -0.1) is 0 Å². The number of ether oxygens (including phenoxy) is 2. The smallest absolute Gasteiger partial charge is 0.205 e. The van der Waals surface area contributed by atoms with Crippen LogP contribution in [0.1, 0.15) is 5.56 Å². The van der Waals surface area contributed by atoms with Crippen LogP contribution in [-0.2, 0) is 15.3 Å². The van der Waals surface area contributed by atoms with Crippen LogP contribution in [0.15, 0.2) is 36.4 Å². The zero-order valence-corrected chi connectivity index (χ0v) is 18.3. The van der Waals surface area contributed by atoms with Gasteiger partial charge in [0.1, 0.15) is 0 Å². The molecular formula is C19H12BrCl4NO2. The molecule has 0 amide bonds. The monoisotopic (exact) mass is 505 g/mol. The highest BCUT2D eigenvalue weighted by Crippen LogP contribution is 2.41. The summed E-state index contributed by atoms with van der Waals surface area (Å²) in [5.74, 6) is -0.944. The Morgan fingerprint density at radius 3 is 2.33 bits per heavy atom. The van der Waals surface area contributed by atoms with Crippen LogP contribution in [0, 0.1) is 0 Å². The first kappa shape index (κ1) is 19.7. The molecule has 2 heterocycles. The molecule has 3 nitrogen and oxygen atoms in total. The highest BCUT2D eigenvalue weighted by Gasteiger charge is 2.39. The van der Waals surface area contributed by atoms with E-state index in [0.29, 0.717) is 49.8 Å². The van der Waals surface area contributed by atoms with Crippen LogP contribution in [0.25, 0.3) is 22.2 Å². The van der Waals surface area contributed by atoms with Crippen molar-refractivity contribution in [3.05, 3.63) is 62.1 Å². The van der Waals surface area contributed by atoms with Crippen molar-refractivity contribution in [2.24, 2.45) is 0 Å². The lowest BCUT2D eigenvalue weighted by Gasteiger charge is -2.27. The van der Waals surface area contributed by atoms with E-state index >= 15 is 0 Å². The second-order valence-electron chi connectivity index (χ2n) is 6.05. The van der Waals surface area contributed by atoms with Gasteiger partial charge in [-0.25, -0.2) is 4.98 Å². The summed E-state index contributed by atoms with van der Waals surface area (Å²) in [7, 11) is 0. The normalized spacial score (nSPS) is 16.2. The topological polar surface area (TPSA) is 31.4 Å². The number of fused-ring (bicyclic) bond motifs is 1. The van der Waals surface area contributed by atoms with E-state index in [1.165, 1.54) is 0 Å². The number of rotatable bonds is 3. The van der Waals surface area contributed by atoms with Crippen LogP contribution in [-0.4, -0.2) is 23.5 Å². The van der Waals surface area contributed by atoms with Gasteiger partial charge < -0.3 is 9.47 Å². The van der Waals surface area contributed by atoms with Crippen LogP contribution in [0.5, 0.6) is 0 Å². The molecule has 0 bridgehead atoms. The minimum atomic E-state index is -0.944. The third-order valence-corrected chi connectivity index (χ3v) is 6.37. The fourth-order valence-corrected chi connectivity index (χ4v) is 4.59. The predicted octanol–water partition coefficient (Wildman–Crippen LogP) is 7.11. The Morgan fingerprint density at radius 2 is 1.67 bits per heavy atom. The van der Waals surface area contributed by atoms with E-state index < -0.39 is 5.79 Å². The highest BCUT2D eigenvalue weighted by molar-refractivity contribution is 9.09. The van der Waals surface area contributed by atoms with Gasteiger partial charge in [-0.2, -0.15) is 0 Å². The predicted molar refractivity (Wildman–Crippen MR) is 115 cm³/mol. The lowest BCUT2D eigenvalue weighted by molar-refractivity contribution is -0.143. The molecule has 0 radical (unpaired) electrons. The van der Waals surface area contributed by atoms with E-state index in [1.54, 1.807) is 18.2 Å². The Hall–Kier alpha value is -0.590. The van der Waals surface area contributed by atoms with Crippen LogP contribution >= 0.6 is 62.3 Å². The molecule has 1 fully saturated rings. The molecule has 4 rings (SSSR count). The summed E-state index contributed by atoms with van der Waals surface area (Å²) >= 11 is 28.5. The molecule has 1 saturated heterocycles. The molecular weight excluding hydrogens is 496 g/mol. The minimum Gasteiger partial charge on any atom is -0.343 e. The zero-order valence-electron chi connectivity index (χ0n) is 13.7. The minimum absolute atomic E-state index is 0.448. The fourth-order valence-electron chi connectivity index (χ4n) is 3.13. The number of hydrogen-bond acceptors (Lipinski definition) is 3. The second-order valence-corrected chi connectivity index (χ2v) is 8.27. The molecule has 2 aromatic carbocycles. The molecule has 0 spiro atoms. The number of hydrogen-bond donors (Lipinski definition) is 0. The summed E-state index contributed by atoms with van der Waals surface area (Å²) in [4.78, 5) is 4.74. The first-order valence-corrected chi connectivity index (χ1v) is 10.7. The van der Waals surface area contributed by atoms with E-state index in [0.717, 1.165) is 16.5 Å². The van der Waals surface area contributed by atoms with Gasteiger partial charge in [-0.05, 0) is 30.3 Å². The maximum Gasteiger partial charge on any atom is 0.205 e. The number of alkyl halides is 1. The molecule has 1 aliphatic rings. The van der Waals surface area contributed by atoms with Crippen LogP contribution < -0.4 is 0 Å². The van der Waals surface area contributed by atoms with Crippen LogP contribution in [0.3, 0.4) is 0 Å². The van der Waals surface area contributed by atoms with E-state index in [1.807, 2.05) is 18.2 Å². The van der Waals surface area contributed by atoms with Crippen molar-refractivity contribution in [3.8, 4) is 11.3 Å². The largest absolute Gasteiger partial charge is 0.343 e. The van der Waals surface area contributed by atoms with Gasteiger partial charge in [0.25, 0.3) is 0 Å². The number of aromatic nitrogens is 1. The molecule has 0 aliphatic carbocycles. The van der Waals surface area contributed by atoms with Crippen LogP contribution in [0.4, 0.5) is 0 Å². The summed E-state index contributed by atoms with van der Waals surface area (Å²) in [5, 5.41) is 3.11. The van der Waals surface area contributed by atoms with Crippen molar-refractivity contribution < 1.29 is 9.47 Å². The number of benzene rings is 2. The second kappa shape index (κ2) is 7.68. The molecule has 27 heavy (non-hydrogen) atoms. The fraction of sp³-hybridized carbons (Fsp3) is 0.211. The SMILES string of the molecule is Clc1cc(Cl)c2nc(-c3ccc(Cl)c(Cl)c3)cc(C3(CBr)OCCO3)c2c1. The van der Waals surface area contributed by atoms with Gasteiger partial charge in [0.2, 0.25) is 5.79 Å². The van der Waals surface area contributed by atoms with Crippen molar-refractivity contribution in [2.75, 3.05) is 18.5 Å². The van der Waals surface area contributed by atoms with Crippen molar-refractivity contribution in [2.45, 2.75) is 5.79 Å². The molecule has 0 N–H and O–H groups in total. The van der Waals surface area contributed by atoms with Crippen LogP contribution in [0.2, 0.25) is 20.1 Å². The van der Waals surface area contributed by atoms with Gasteiger partial charge in [0.05, 0.1) is 44.8 Å². The van der Waals surface area contributed by atoms with Gasteiger partial charge >= 0.3 is 0 Å². The van der Waals surface area contributed by atoms with Gasteiger partial charge in [0.15, 0.2) is 0 Å². The molecule has 0 saturated carbocycles. The molecule has 1 aliphatic heterocycles. The average Bonchev–Trinajstić information content (AvgIpc) is 3.13. The van der Waals surface area contributed by atoms with E-state index in [4.69, 9.17) is 60.9 Å². The third-order valence-electron chi connectivity index (χ3n) is 4.39. The molecule has 0 atom stereocenters. The van der Waals surface area contributed by atoms with Gasteiger partial charge in [-0.1, -0.05) is 68.4 Å². The molecule has 8 heteroatoms. The Kier molecular flexibility index (Phi) is 5.61. The maximum absolute atomic E-state index is 6.46. The molecule has 0 unspecified atom stereocenters. The van der Waals surface area contributed by atoms with Gasteiger partial charge in [-0.3, -0.25) is 0 Å². The first-order valence-electron chi connectivity index (χ1n) is 8.03. The van der Waals surface area contributed by atoms with E-state index in [2.05, 4.69) is 15.9 Å². The molecule has 140 valence electrons. The van der Waals surface area contributed by atoms with Crippen molar-refractivity contribution in [1.29, 1.82) is 0 Å². The highest BCUT2D eigenvalue weighted by atomic mass is 79.9. The Balaban J connectivity index is 2.03. The summed E-state index contributed by atoms with van der Waals surface area (Å²) < 4.78 is 11.9. The van der Waals surface area contributed by atoms with Gasteiger partial charge in [0, 0.05) is 21.5 Å². The zero-order chi connectivity index (χ0) is 19.2.